The van der Waals surface area contributed by atoms with Crippen molar-refractivity contribution in [3.05, 3.63) is 70.3 Å². The largest absolute Gasteiger partial charge is 0.204 e. The first kappa shape index (κ1) is 13.0. The van der Waals surface area contributed by atoms with Gasteiger partial charge < -0.3 is 0 Å². The Morgan fingerprint density at radius 1 is 1.00 bits per heavy atom. The first-order chi connectivity index (χ1) is 8.50. The van der Waals surface area contributed by atoms with Crippen LogP contribution in [-0.2, 0) is 0 Å². The molecule has 0 bridgehead atoms. The number of rotatable bonds is 2. The molecule has 0 spiro atoms. The van der Waals surface area contributed by atoms with Crippen molar-refractivity contribution in [3.8, 4) is 0 Å². The molecule has 0 amide bonds. The van der Waals surface area contributed by atoms with E-state index in [9.17, 15) is 8.78 Å². The normalized spacial score (nSPS) is 12.5. The third-order valence-electron chi connectivity index (χ3n) is 3.08. The zero-order valence-corrected chi connectivity index (χ0v) is 10.9. The predicted octanol–water partition coefficient (Wildman–Crippen LogP) is 4.91. The molecule has 94 valence electrons. The van der Waals surface area contributed by atoms with Crippen LogP contribution in [0, 0.1) is 25.5 Å². The van der Waals surface area contributed by atoms with Crippen LogP contribution in [0.2, 0.25) is 0 Å². The molecule has 0 saturated carbocycles. The van der Waals surface area contributed by atoms with Gasteiger partial charge in [0.25, 0.3) is 0 Å². The highest BCUT2D eigenvalue weighted by molar-refractivity contribution is 6.22. The van der Waals surface area contributed by atoms with Crippen LogP contribution in [0.3, 0.4) is 0 Å². The van der Waals surface area contributed by atoms with Gasteiger partial charge in [-0.05, 0) is 36.6 Å². The molecule has 0 N–H and O–H groups in total. The molecule has 2 aromatic rings. The summed E-state index contributed by atoms with van der Waals surface area (Å²) in [7, 11) is 0. The van der Waals surface area contributed by atoms with Gasteiger partial charge >= 0.3 is 0 Å². The Labute approximate surface area is 110 Å². The van der Waals surface area contributed by atoms with Crippen LogP contribution >= 0.6 is 11.6 Å². The quantitative estimate of drug-likeness (QED) is 0.678. The van der Waals surface area contributed by atoms with Gasteiger partial charge in [0.15, 0.2) is 11.6 Å². The molecule has 0 aromatic heterocycles. The molecule has 1 atom stereocenters. The van der Waals surface area contributed by atoms with Crippen LogP contribution in [-0.4, -0.2) is 0 Å². The van der Waals surface area contributed by atoms with E-state index in [0.717, 1.165) is 22.8 Å². The highest BCUT2D eigenvalue weighted by atomic mass is 35.5. The second-order valence-corrected chi connectivity index (χ2v) is 4.79. The highest BCUT2D eigenvalue weighted by Crippen LogP contribution is 2.32. The fraction of sp³-hybridized carbons (Fsp3) is 0.200. The number of alkyl halides is 1. The number of aryl methyl sites for hydroxylation is 2. The second kappa shape index (κ2) is 5.07. The van der Waals surface area contributed by atoms with Crippen molar-refractivity contribution in [2.24, 2.45) is 0 Å². The standard InChI is InChI=1S/C15H13ClF2/c1-9-6-7-11(8-10(9)2)14(16)12-4-3-5-13(17)15(12)18/h3-8,14H,1-2H3. The van der Waals surface area contributed by atoms with E-state index in [0.29, 0.717) is 0 Å². The van der Waals surface area contributed by atoms with Crippen molar-refractivity contribution in [2.45, 2.75) is 19.2 Å². The Balaban J connectivity index is 2.44. The van der Waals surface area contributed by atoms with Crippen molar-refractivity contribution in [2.75, 3.05) is 0 Å². The molecular weight excluding hydrogens is 254 g/mol. The van der Waals surface area contributed by atoms with Crippen molar-refractivity contribution in [3.63, 3.8) is 0 Å². The Morgan fingerprint density at radius 2 is 1.72 bits per heavy atom. The van der Waals surface area contributed by atoms with E-state index in [2.05, 4.69) is 0 Å². The van der Waals surface area contributed by atoms with Gasteiger partial charge in [-0.25, -0.2) is 8.78 Å². The van der Waals surface area contributed by atoms with E-state index in [1.54, 1.807) is 0 Å². The minimum atomic E-state index is -0.879. The van der Waals surface area contributed by atoms with Crippen LogP contribution in [0.1, 0.15) is 27.6 Å². The molecule has 1 unspecified atom stereocenters. The maximum Gasteiger partial charge on any atom is 0.163 e. The number of hydrogen-bond acceptors (Lipinski definition) is 0. The zero-order valence-electron chi connectivity index (χ0n) is 10.2. The number of hydrogen-bond donors (Lipinski definition) is 0. The third-order valence-corrected chi connectivity index (χ3v) is 3.57. The Morgan fingerprint density at radius 3 is 2.39 bits per heavy atom. The molecule has 0 aliphatic rings. The lowest BCUT2D eigenvalue weighted by Gasteiger charge is -2.13. The highest BCUT2D eigenvalue weighted by Gasteiger charge is 2.17. The fourth-order valence-corrected chi connectivity index (χ4v) is 2.12. The van der Waals surface area contributed by atoms with E-state index < -0.39 is 17.0 Å². The molecular formula is C15H13ClF2. The van der Waals surface area contributed by atoms with Crippen LogP contribution in [0.4, 0.5) is 8.78 Å². The third kappa shape index (κ3) is 2.39. The van der Waals surface area contributed by atoms with Crippen LogP contribution in [0.5, 0.6) is 0 Å². The van der Waals surface area contributed by atoms with Crippen molar-refractivity contribution in [1.29, 1.82) is 0 Å². The molecule has 0 fully saturated rings. The van der Waals surface area contributed by atoms with Crippen LogP contribution in [0.25, 0.3) is 0 Å². The monoisotopic (exact) mass is 266 g/mol. The summed E-state index contributed by atoms with van der Waals surface area (Å²) in [5.74, 6) is -1.75. The molecule has 0 radical (unpaired) electrons. The SMILES string of the molecule is Cc1ccc(C(Cl)c2cccc(F)c2F)cc1C. The molecule has 3 heteroatoms. The zero-order chi connectivity index (χ0) is 13.3. The Hall–Kier alpha value is -1.41. The second-order valence-electron chi connectivity index (χ2n) is 4.35. The average Bonchev–Trinajstić information content (AvgIpc) is 2.35. The minimum Gasteiger partial charge on any atom is -0.204 e. The van der Waals surface area contributed by atoms with Gasteiger partial charge in [0.05, 0.1) is 5.38 Å². The van der Waals surface area contributed by atoms with Crippen molar-refractivity contribution < 1.29 is 8.78 Å². The number of halogens is 3. The van der Waals surface area contributed by atoms with Gasteiger partial charge in [0.1, 0.15) is 0 Å². The molecule has 0 heterocycles. The van der Waals surface area contributed by atoms with E-state index in [4.69, 9.17) is 11.6 Å². The maximum absolute atomic E-state index is 13.7. The molecule has 0 aliphatic carbocycles. The summed E-state index contributed by atoms with van der Waals surface area (Å²) in [6, 6.07) is 9.72. The van der Waals surface area contributed by atoms with Crippen LogP contribution in [0.15, 0.2) is 36.4 Å². The summed E-state index contributed by atoms with van der Waals surface area (Å²) in [6.45, 7) is 3.95. The lowest BCUT2D eigenvalue weighted by Crippen LogP contribution is -2.00. The van der Waals surface area contributed by atoms with Gasteiger partial charge in [0, 0.05) is 5.56 Å². The minimum absolute atomic E-state index is 0.167. The smallest absolute Gasteiger partial charge is 0.163 e. The number of benzene rings is 2. The molecule has 0 aliphatic heterocycles. The van der Waals surface area contributed by atoms with Crippen LogP contribution < -0.4 is 0 Å². The van der Waals surface area contributed by atoms with E-state index in [1.807, 2.05) is 32.0 Å². The maximum atomic E-state index is 13.7. The summed E-state index contributed by atoms with van der Waals surface area (Å²) in [5.41, 5.74) is 3.15. The van der Waals surface area contributed by atoms with Crippen molar-refractivity contribution >= 4 is 11.6 Å². The van der Waals surface area contributed by atoms with Crippen molar-refractivity contribution in [1.82, 2.24) is 0 Å². The van der Waals surface area contributed by atoms with E-state index in [-0.39, 0.29) is 5.56 Å². The molecule has 0 nitrogen and oxygen atoms in total. The van der Waals surface area contributed by atoms with Gasteiger partial charge in [-0.1, -0.05) is 30.3 Å². The lowest BCUT2D eigenvalue weighted by atomic mass is 9.99. The molecule has 2 rings (SSSR count). The van der Waals surface area contributed by atoms with Gasteiger partial charge in [-0.3, -0.25) is 0 Å². The van der Waals surface area contributed by atoms with Gasteiger partial charge in [-0.15, -0.1) is 11.6 Å². The first-order valence-electron chi connectivity index (χ1n) is 5.66. The average molecular weight is 267 g/mol. The predicted molar refractivity (Wildman–Crippen MR) is 70.0 cm³/mol. The summed E-state index contributed by atoms with van der Waals surface area (Å²) in [5, 5.41) is -0.681. The molecule has 0 saturated heterocycles. The first-order valence-corrected chi connectivity index (χ1v) is 6.09. The fourth-order valence-electron chi connectivity index (χ4n) is 1.82. The van der Waals surface area contributed by atoms with E-state index >= 15 is 0 Å². The van der Waals surface area contributed by atoms with Gasteiger partial charge in [0.2, 0.25) is 0 Å². The Bertz CT molecular complexity index is 579. The summed E-state index contributed by atoms with van der Waals surface area (Å²) < 4.78 is 26.8. The topological polar surface area (TPSA) is 0 Å². The van der Waals surface area contributed by atoms with Gasteiger partial charge in [-0.2, -0.15) is 0 Å². The van der Waals surface area contributed by atoms with E-state index in [1.165, 1.54) is 12.1 Å². The lowest BCUT2D eigenvalue weighted by molar-refractivity contribution is 0.500. The Kier molecular flexibility index (Phi) is 3.67. The molecule has 2 aromatic carbocycles. The molecule has 18 heavy (non-hydrogen) atoms. The summed E-state index contributed by atoms with van der Waals surface area (Å²) in [6.07, 6.45) is 0. The summed E-state index contributed by atoms with van der Waals surface area (Å²) in [4.78, 5) is 0. The summed E-state index contributed by atoms with van der Waals surface area (Å²) >= 11 is 6.23.